The topological polar surface area (TPSA) is 70.6 Å². The van der Waals surface area contributed by atoms with E-state index in [0.717, 1.165) is 66.2 Å². The van der Waals surface area contributed by atoms with Gasteiger partial charge in [0.2, 0.25) is 0 Å². The summed E-state index contributed by atoms with van der Waals surface area (Å²) in [5.41, 5.74) is 8.53. The molecule has 9 rings (SSSR count). The zero-order valence-corrected chi connectivity index (χ0v) is 22.7. The molecule has 0 spiro atoms. The Kier molecular flexibility index (Phi) is 4.68. The van der Waals surface area contributed by atoms with Crippen molar-refractivity contribution in [1.82, 2.24) is 9.13 Å². The van der Waals surface area contributed by atoms with E-state index >= 15 is 0 Å². The van der Waals surface area contributed by atoms with E-state index in [2.05, 4.69) is 106 Å². The summed E-state index contributed by atoms with van der Waals surface area (Å²) in [5, 5.41) is 26.1. The minimum atomic E-state index is 0.441. The second-order valence-electron chi connectivity index (χ2n) is 10.8. The van der Waals surface area contributed by atoms with E-state index < -0.39 is 0 Å². The molecular weight excluding hydrogens is 528 g/mol. The number of nitriles is 2. The Morgan fingerprint density at radius 3 is 1.74 bits per heavy atom. The number of fused-ring (bicyclic) bond motifs is 10. The third-order valence-corrected chi connectivity index (χ3v) is 8.53. The fourth-order valence-corrected chi connectivity index (χ4v) is 6.76. The van der Waals surface area contributed by atoms with Crippen molar-refractivity contribution in [3.8, 4) is 23.5 Å². The number of furan rings is 1. The molecule has 0 atom stereocenters. The summed E-state index contributed by atoms with van der Waals surface area (Å²) < 4.78 is 11.0. The first kappa shape index (κ1) is 23.4. The standard InChI is InChI=1S/C38H20N4O/c39-21-23-17-24(22-40)19-26(18-23)42-34-15-13-25(41-32-10-4-1-7-27(32)28-8-2-5-11-33(28)41)20-31(34)37-35(42)16-14-30-29-9-3-6-12-36(29)43-38(30)37/h1-20H. The van der Waals surface area contributed by atoms with Crippen LogP contribution >= 0.6 is 0 Å². The first-order valence-electron chi connectivity index (χ1n) is 14.1. The predicted molar refractivity (Wildman–Crippen MR) is 172 cm³/mol. The summed E-state index contributed by atoms with van der Waals surface area (Å²) in [6.07, 6.45) is 0. The number of rotatable bonds is 2. The van der Waals surface area contributed by atoms with Gasteiger partial charge >= 0.3 is 0 Å². The van der Waals surface area contributed by atoms with Crippen LogP contribution in [0.2, 0.25) is 0 Å². The van der Waals surface area contributed by atoms with Crippen LogP contribution in [0.15, 0.2) is 126 Å². The van der Waals surface area contributed by atoms with E-state index in [9.17, 15) is 10.5 Å². The van der Waals surface area contributed by atoms with Gasteiger partial charge in [0.25, 0.3) is 0 Å². The van der Waals surface area contributed by atoms with Gasteiger partial charge in [0.05, 0.1) is 50.7 Å². The van der Waals surface area contributed by atoms with Crippen molar-refractivity contribution in [2.24, 2.45) is 0 Å². The van der Waals surface area contributed by atoms with E-state index in [0.29, 0.717) is 11.1 Å². The molecule has 5 nitrogen and oxygen atoms in total. The van der Waals surface area contributed by atoms with Crippen molar-refractivity contribution >= 4 is 65.6 Å². The largest absolute Gasteiger partial charge is 0.455 e. The molecule has 0 saturated heterocycles. The van der Waals surface area contributed by atoms with E-state index in [4.69, 9.17) is 4.42 Å². The molecule has 0 fully saturated rings. The maximum absolute atomic E-state index is 9.76. The van der Waals surface area contributed by atoms with Gasteiger partial charge in [-0.25, -0.2) is 0 Å². The zero-order chi connectivity index (χ0) is 28.7. The molecule has 0 aliphatic rings. The summed E-state index contributed by atoms with van der Waals surface area (Å²) in [6.45, 7) is 0. The van der Waals surface area contributed by atoms with Gasteiger partial charge in [-0.3, -0.25) is 0 Å². The number of para-hydroxylation sites is 3. The van der Waals surface area contributed by atoms with Gasteiger partial charge in [-0.05, 0) is 66.7 Å². The van der Waals surface area contributed by atoms with Crippen LogP contribution in [-0.4, -0.2) is 9.13 Å². The van der Waals surface area contributed by atoms with E-state index in [-0.39, 0.29) is 0 Å². The van der Waals surface area contributed by atoms with Crippen LogP contribution in [0.25, 0.3) is 76.9 Å². The van der Waals surface area contributed by atoms with Crippen LogP contribution in [0.1, 0.15) is 11.1 Å². The average molecular weight is 549 g/mol. The highest BCUT2D eigenvalue weighted by atomic mass is 16.3. The van der Waals surface area contributed by atoms with Gasteiger partial charge in [-0.15, -0.1) is 0 Å². The van der Waals surface area contributed by atoms with Crippen molar-refractivity contribution in [1.29, 1.82) is 10.5 Å². The monoisotopic (exact) mass is 548 g/mol. The Balaban J connectivity index is 1.45. The maximum atomic E-state index is 9.76. The molecular formula is C38H20N4O. The molecule has 0 amide bonds. The van der Waals surface area contributed by atoms with Gasteiger partial charge < -0.3 is 13.6 Å². The minimum Gasteiger partial charge on any atom is -0.455 e. The Morgan fingerprint density at radius 1 is 0.465 bits per heavy atom. The maximum Gasteiger partial charge on any atom is 0.145 e. The van der Waals surface area contributed by atoms with Crippen LogP contribution in [0.5, 0.6) is 0 Å². The van der Waals surface area contributed by atoms with Gasteiger partial charge in [-0.2, -0.15) is 10.5 Å². The fourth-order valence-electron chi connectivity index (χ4n) is 6.76. The molecule has 6 aromatic carbocycles. The number of hydrogen-bond donors (Lipinski definition) is 0. The van der Waals surface area contributed by atoms with Crippen molar-refractivity contribution in [2.75, 3.05) is 0 Å². The molecule has 3 aromatic heterocycles. The van der Waals surface area contributed by atoms with E-state index in [1.165, 1.54) is 10.8 Å². The van der Waals surface area contributed by atoms with Crippen LogP contribution in [0.3, 0.4) is 0 Å². The fraction of sp³-hybridized carbons (Fsp3) is 0. The number of benzene rings is 6. The van der Waals surface area contributed by atoms with Gasteiger partial charge in [0, 0.05) is 38.3 Å². The van der Waals surface area contributed by atoms with Gasteiger partial charge in [0.1, 0.15) is 11.2 Å². The van der Waals surface area contributed by atoms with Crippen LogP contribution < -0.4 is 0 Å². The lowest BCUT2D eigenvalue weighted by Crippen LogP contribution is -1.97. The Morgan fingerprint density at radius 2 is 1.05 bits per heavy atom. The molecule has 0 aliphatic heterocycles. The number of hydrogen-bond acceptors (Lipinski definition) is 3. The summed E-state index contributed by atoms with van der Waals surface area (Å²) in [6, 6.07) is 45.6. The highest BCUT2D eigenvalue weighted by Gasteiger charge is 2.21. The van der Waals surface area contributed by atoms with Crippen molar-refractivity contribution in [3.63, 3.8) is 0 Å². The Bertz CT molecular complexity index is 2620. The molecule has 198 valence electrons. The first-order valence-corrected chi connectivity index (χ1v) is 14.1. The third-order valence-electron chi connectivity index (χ3n) is 8.53. The molecule has 0 radical (unpaired) electrons. The summed E-state index contributed by atoms with van der Waals surface area (Å²) in [7, 11) is 0. The SMILES string of the molecule is N#Cc1cc(C#N)cc(-n2c3ccc(-n4c5ccccc5c5ccccc54)cc3c3c4oc5ccccc5c4ccc32)c1. The quantitative estimate of drug-likeness (QED) is 0.216. The van der Waals surface area contributed by atoms with Gasteiger partial charge in [-0.1, -0.05) is 54.6 Å². The molecule has 9 aromatic rings. The zero-order valence-electron chi connectivity index (χ0n) is 22.7. The van der Waals surface area contributed by atoms with Crippen molar-refractivity contribution in [3.05, 3.63) is 132 Å². The average Bonchev–Trinajstić information content (AvgIpc) is 3.71. The minimum absolute atomic E-state index is 0.441. The highest BCUT2D eigenvalue weighted by molar-refractivity contribution is 6.24. The second kappa shape index (κ2) is 8.60. The first-order chi connectivity index (χ1) is 21.2. The molecule has 0 saturated carbocycles. The summed E-state index contributed by atoms with van der Waals surface area (Å²) in [5.74, 6) is 0. The summed E-state index contributed by atoms with van der Waals surface area (Å²) in [4.78, 5) is 0. The van der Waals surface area contributed by atoms with Crippen LogP contribution in [0.4, 0.5) is 0 Å². The predicted octanol–water partition coefficient (Wildman–Crippen LogP) is 9.52. The molecule has 43 heavy (non-hydrogen) atoms. The molecule has 3 heterocycles. The molecule has 0 N–H and O–H groups in total. The summed E-state index contributed by atoms with van der Waals surface area (Å²) >= 11 is 0. The molecule has 5 heteroatoms. The van der Waals surface area contributed by atoms with Crippen molar-refractivity contribution < 1.29 is 4.42 Å². The van der Waals surface area contributed by atoms with Crippen molar-refractivity contribution in [2.45, 2.75) is 0 Å². The Labute approximate surface area is 245 Å². The lowest BCUT2D eigenvalue weighted by atomic mass is 10.1. The lowest BCUT2D eigenvalue weighted by molar-refractivity contribution is 0.673. The number of nitrogens with zero attached hydrogens (tertiary/aromatic N) is 4. The van der Waals surface area contributed by atoms with Crippen LogP contribution in [-0.2, 0) is 0 Å². The van der Waals surface area contributed by atoms with E-state index in [1.54, 1.807) is 6.07 Å². The molecule has 0 unspecified atom stereocenters. The molecule has 0 bridgehead atoms. The third kappa shape index (κ3) is 3.19. The highest BCUT2D eigenvalue weighted by Crippen LogP contribution is 2.42. The second-order valence-corrected chi connectivity index (χ2v) is 10.8. The number of aromatic nitrogens is 2. The molecule has 0 aliphatic carbocycles. The van der Waals surface area contributed by atoms with Gasteiger partial charge in [0.15, 0.2) is 0 Å². The smallest absolute Gasteiger partial charge is 0.145 e. The Hall–Kier alpha value is -6.30. The van der Waals surface area contributed by atoms with Crippen LogP contribution in [0, 0.1) is 22.7 Å². The normalized spacial score (nSPS) is 11.7. The van der Waals surface area contributed by atoms with E-state index in [1.807, 2.05) is 30.3 Å². The lowest BCUT2D eigenvalue weighted by Gasteiger charge is -2.11.